The Morgan fingerprint density at radius 3 is 2.93 bits per heavy atom. The summed E-state index contributed by atoms with van der Waals surface area (Å²) >= 11 is 0. The van der Waals surface area contributed by atoms with Gasteiger partial charge in [-0.1, -0.05) is 6.07 Å². The fraction of sp³-hybridized carbons (Fsp3) is 0.619. The van der Waals surface area contributed by atoms with Crippen LogP contribution in [-0.4, -0.2) is 58.9 Å². The maximum atomic E-state index is 13.6. The second kappa shape index (κ2) is 9.16. The second-order valence-electron chi connectivity index (χ2n) is 7.97. The Labute approximate surface area is 175 Å². The van der Waals surface area contributed by atoms with Crippen LogP contribution < -0.4 is 14.8 Å². The molecule has 0 spiro atoms. The van der Waals surface area contributed by atoms with Crippen LogP contribution in [0.3, 0.4) is 0 Å². The molecular weight excluding hydrogens is 392 g/mol. The summed E-state index contributed by atoms with van der Waals surface area (Å²) in [5.74, 6) is 2.21. The van der Waals surface area contributed by atoms with Crippen LogP contribution in [0.15, 0.2) is 24.5 Å². The SMILES string of the molecule is CCOc1cc(CN2CCC[C@H]([C@@H]3C[C@H](C(F)F)n4ncnc4N3)C2)ccc1OC. The largest absolute Gasteiger partial charge is 0.493 e. The molecule has 1 fully saturated rings. The predicted octanol–water partition coefficient (Wildman–Crippen LogP) is 3.59. The van der Waals surface area contributed by atoms with Gasteiger partial charge in [-0.05, 0) is 56.3 Å². The first-order valence-corrected chi connectivity index (χ1v) is 10.5. The molecule has 1 aromatic carbocycles. The van der Waals surface area contributed by atoms with Gasteiger partial charge in [-0.3, -0.25) is 4.90 Å². The number of hydrogen-bond acceptors (Lipinski definition) is 6. The van der Waals surface area contributed by atoms with Gasteiger partial charge in [0, 0.05) is 19.1 Å². The highest BCUT2D eigenvalue weighted by Crippen LogP contribution is 2.35. The third-order valence-electron chi connectivity index (χ3n) is 6.03. The Balaban J connectivity index is 1.43. The van der Waals surface area contributed by atoms with E-state index in [1.165, 1.54) is 11.0 Å². The average Bonchev–Trinajstić information content (AvgIpc) is 3.22. The Hall–Kier alpha value is -2.42. The molecule has 0 radical (unpaired) electrons. The lowest BCUT2D eigenvalue weighted by Gasteiger charge is -2.40. The van der Waals surface area contributed by atoms with Crippen molar-refractivity contribution < 1.29 is 18.3 Å². The third-order valence-corrected chi connectivity index (χ3v) is 6.03. The first kappa shape index (κ1) is 20.8. The molecule has 0 bridgehead atoms. The van der Waals surface area contributed by atoms with Gasteiger partial charge >= 0.3 is 0 Å². The zero-order chi connectivity index (χ0) is 21.1. The Morgan fingerprint density at radius 1 is 1.30 bits per heavy atom. The van der Waals surface area contributed by atoms with Crippen molar-refractivity contribution in [1.29, 1.82) is 0 Å². The van der Waals surface area contributed by atoms with E-state index in [4.69, 9.17) is 9.47 Å². The molecule has 164 valence electrons. The van der Waals surface area contributed by atoms with Gasteiger partial charge in [-0.25, -0.2) is 13.5 Å². The van der Waals surface area contributed by atoms with Crippen LogP contribution >= 0.6 is 0 Å². The summed E-state index contributed by atoms with van der Waals surface area (Å²) in [7, 11) is 1.64. The van der Waals surface area contributed by atoms with Crippen molar-refractivity contribution in [3.63, 3.8) is 0 Å². The number of methoxy groups -OCH3 is 1. The number of anilines is 1. The van der Waals surface area contributed by atoms with Gasteiger partial charge < -0.3 is 14.8 Å². The molecule has 2 aliphatic rings. The average molecular weight is 421 g/mol. The first-order chi connectivity index (χ1) is 14.6. The lowest BCUT2D eigenvalue weighted by atomic mass is 9.86. The third kappa shape index (κ3) is 4.35. The predicted molar refractivity (Wildman–Crippen MR) is 109 cm³/mol. The maximum Gasteiger partial charge on any atom is 0.260 e. The number of hydrogen-bond donors (Lipinski definition) is 1. The molecule has 1 aromatic heterocycles. The van der Waals surface area contributed by atoms with Crippen LogP contribution in [0.5, 0.6) is 11.5 Å². The topological polar surface area (TPSA) is 64.4 Å². The molecule has 4 rings (SSSR count). The highest BCUT2D eigenvalue weighted by atomic mass is 19.3. The summed E-state index contributed by atoms with van der Waals surface area (Å²) in [6, 6.07) is 5.07. The minimum atomic E-state index is -2.45. The molecule has 2 aliphatic heterocycles. The van der Waals surface area contributed by atoms with E-state index < -0.39 is 12.5 Å². The summed E-state index contributed by atoms with van der Waals surface area (Å²) in [4.78, 5) is 6.53. The summed E-state index contributed by atoms with van der Waals surface area (Å²) in [5, 5.41) is 7.33. The number of aromatic nitrogens is 3. The van der Waals surface area contributed by atoms with E-state index in [-0.39, 0.29) is 12.0 Å². The van der Waals surface area contributed by atoms with Gasteiger partial charge in [0.2, 0.25) is 5.95 Å². The molecule has 0 aliphatic carbocycles. The molecule has 0 unspecified atom stereocenters. The molecular formula is C21H29F2N5O2. The van der Waals surface area contributed by atoms with Gasteiger partial charge in [0.05, 0.1) is 13.7 Å². The van der Waals surface area contributed by atoms with E-state index in [1.54, 1.807) is 7.11 Å². The van der Waals surface area contributed by atoms with Gasteiger partial charge in [0.1, 0.15) is 12.4 Å². The summed E-state index contributed by atoms with van der Waals surface area (Å²) in [6.07, 6.45) is 1.32. The Bertz CT molecular complexity index is 847. The zero-order valence-electron chi connectivity index (χ0n) is 17.4. The van der Waals surface area contributed by atoms with Crippen molar-refractivity contribution in [1.82, 2.24) is 19.7 Å². The molecule has 7 nitrogen and oxygen atoms in total. The zero-order valence-corrected chi connectivity index (χ0v) is 17.4. The van der Waals surface area contributed by atoms with Gasteiger partial charge in [0.15, 0.2) is 11.5 Å². The number of likely N-dealkylation sites (tertiary alicyclic amines) is 1. The number of nitrogens with zero attached hydrogens (tertiary/aromatic N) is 4. The lowest BCUT2D eigenvalue weighted by molar-refractivity contribution is 0.0550. The number of benzene rings is 1. The van der Waals surface area contributed by atoms with E-state index in [0.29, 0.717) is 19.0 Å². The van der Waals surface area contributed by atoms with Crippen molar-refractivity contribution in [2.24, 2.45) is 5.92 Å². The molecule has 3 atom stereocenters. The van der Waals surface area contributed by atoms with Crippen LogP contribution in [0.4, 0.5) is 14.7 Å². The normalized spacial score (nSPS) is 24.4. The second-order valence-corrected chi connectivity index (χ2v) is 7.97. The Morgan fingerprint density at radius 2 is 2.17 bits per heavy atom. The highest BCUT2D eigenvalue weighted by molar-refractivity contribution is 5.43. The number of ether oxygens (including phenoxy) is 2. The molecule has 0 saturated carbocycles. The van der Waals surface area contributed by atoms with Crippen molar-refractivity contribution in [3.05, 3.63) is 30.1 Å². The van der Waals surface area contributed by atoms with Crippen LogP contribution in [0.2, 0.25) is 0 Å². The number of halogens is 2. The van der Waals surface area contributed by atoms with Crippen molar-refractivity contribution >= 4 is 5.95 Å². The quantitative estimate of drug-likeness (QED) is 0.737. The highest BCUT2D eigenvalue weighted by Gasteiger charge is 2.38. The van der Waals surface area contributed by atoms with Gasteiger partial charge in [-0.2, -0.15) is 10.1 Å². The fourth-order valence-corrected chi connectivity index (χ4v) is 4.61. The van der Waals surface area contributed by atoms with E-state index in [2.05, 4.69) is 26.4 Å². The van der Waals surface area contributed by atoms with E-state index in [0.717, 1.165) is 49.5 Å². The smallest absolute Gasteiger partial charge is 0.260 e. The summed E-state index contributed by atoms with van der Waals surface area (Å²) < 4.78 is 39.6. The first-order valence-electron chi connectivity index (χ1n) is 10.5. The molecule has 1 saturated heterocycles. The van der Waals surface area contributed by atoms with Gasteiger partial charge in [-0.15, -0.1) is 0 Å². The van der Waals surface area contributed by atoms with Crippen LogP contribution in [0.25, 0.3) is 0 Å². The standard InChI is InChI=1S/C21H29F2N5O2/c1-3-30-19-9-14(6-7-18(19)29-2)11-27-8-4-5-15(12-27)16-10-17(20(22)23)28-21(26-16)24-13-25-28/h6-7,9,13,15-17,20H,3-5,8,10-12H2,1-2H3,(H,24,25,26)/t15-,16-,17+/m0/s1. The summed E-state index contributed by atoms with van der Waals surface area (Å²) in [5.41, 5.74) is 1.15. The molecule has 30 heavy (non-hydrogen) atoms. The van der Waals surface area contributed by atoms with E-state index in [1.807, 2.05) is 19.1 Å². The fourth-order valence-electron chi connectivity index (χ4n) is 4.61. The van der Waals surface area contributed by atoms with Crippen LogP contribution in [-0.2, 0) is 6.54 Å². The molecule has 0 amide bonds. The molecule has 1 N–H and O–H groups in total. The Kier molecular flexibility index (Phi) is 6.36. The number of rotatable bonds is 7. The van der Waals surface area contributed by atoms with Gasteiger partial charge in [0.25, 0.3) is 6.43 Å². The number of piperidine rings is 1. The minimum absolute atomic E-state index is 0.0293. The van der Waals surface area contributed by atoms with E-state index in [9.17, 15) is 8.78 Å². The van der Waals surface area contributed by atoms with Crippen molar-refractivity contribution in [3.8, 4) is 11.5 Å². The van der Waals surface area contributed by atoms with Crippen LogP contribution in [0.1, 0.15) is 37.8 Å². The summed E-state index contributed by atoms with van der Waals surface area (Å²) in [6.45, 7) is 5.17. The minimum Gasteiger partial charge on any atom is -0.493 e. The monoisotopic (exact) mass is 421 g/mol. The number of nitrogens with one attached hydrogen (secondary N) is 1. The van der Waals surface area contributed by atoms with Crippen molar-refractivity contribution in [2.75, 3.05) is 32.1 Å². The molecule has 2 aromatic rings. The van der Waals surface area contributed by atoms with Crippen LogP contribution in [0, 0.1) is 5.92 Å². The molecule has 3 heterocycles. The van der Waals surface area contributed by atoms with Crippen molar-refractivity contribution in [2.45, 2.75) is 51.2 Å². The maximum absolute atomic E-state index is 13.6. The lowest BCUT2D eigenvalue weighted by Crippen LogP contribution is -2.46. The van der Waals surface area contributed by atoms with E-state index >= 15 is 0 Å². The molecule has 9 heteroatoms. The number of fused-ring (bicyclic) bond motifs is 1. The number of alkyl halides is 2.